The molecule has 0 aliphatic carbocycles. The Balaban J connectivity index is 1.11. The molecule has 17 heteroatoms. The quantitative estimate of drug-likeness (QED) is 0.105. The molecule has 0 bridgehead atoms. The zero-order valence-electron chi connectivity index (χ0n) is 23.8. The Hall–Kier alpha value is -4.64. The highest BCUT2D eigenvalue weighted by Gasteiger charge is 2.46. The van der Waals surface area contributed by atoms with Crippen LogP contribution >= 0.6 is 11.6 Å². The van der Waals surface area contributed by atoms with E-state index in [1.165, 1.54) is 5.01 Å². The number of hydrazine groups is 1. The van der Waals surface area contributed by atoms with Crippen molar-refractivity contribution in [3.63, 3.8) is 0 Å². The number of amides is 2. The summed E-state index contributed by atoms with van der Waals surface area (Å²) in [5, 5.41) is 24.1. The average molecular weight is 624 g/mol. The minimum absolute atomic E-state index is 0.0491. The number of halogens is 1. The van der Waals surface area contributed by atoms with Gasteiger partial charge in [-0.2, -0.15) is 0 Å². The van der Waals surface area contributed by atoms with Crippen LogP contribution in [0.1, 0.15) is 24.0 Å². The maximum Gasteiger partial charge on any atom is 0.252 e. The van der Waals surface area contributed by atoms with Crippen LogP contribution in [0.15, 0.2) is 91.2 Å². The predicted octanol–water partition coefficient (Wildman–Crippen LogP) is 0.736. The van der Waals surface area contributed by atoms with Gasteiger partial charge in [-0.05, 0) is 36.1 Å². The number of nitrogens with zero attached hydrogens (tertiary/aromatic N) is 7. The molecule has 0 saturated carbocycles. The number of carbonyl (C=O) groups is 2. The van der Waals surface area contributed by atoms with Crippen molar-refractivity contribution in [1.82, 2.24) is 25.9 Å². The van der Waals surface area contributed by atoms with Crippen LogP contribution in [0.2, 0.25) is 0 Å². The van der Waals surface area contributed by atoms with Crippen LogP contribution in [0.4, 0.5) is 0 Å². The molecule has 16 nitrogen and oxygen atoms in total. The summed E-state index contributed by atoms with van der Waals surface area (Å²) in [6, 6.07) is 16.4. The van der Waals surface area contributed by atoms with Crippen molar-refractivity contribution < 1.29 is 14.3 Å². The number of amidine groups is 1. The summed E-state index contributed by atoms with van der Waals surface area (Å²) in [7, 11) is 0. The number of piperidine rings is 1. The fraction of sp³-hybridized carbons (Fsp3) is 0.370. The number of benzene rings is 2. The van der Waals surface area contributed by atoms with Crippen LogP contribution in [-0.2, 0) is 22.6 Å². The van der Waals surface area contributed by atoms with Gasteiger partial charge in [0.15, 0.2) is 17.0 Å². The SMILES string of the molecule is NN=NC1=NC(N=NN)=C(Cl)NC1C(=O)NC1NC2(CCN(C(=O)Cc3ccc(OCc4ccccc4)cc3)CC2)CN1N. The summed E-state index contributed by atoms with van der Waals surface area (Å²) in [5.74, 6) is 16.6. The number of hydrogen-bond acceptors (Lipinski definition) is 12. The van der Waals surface area contributed by atoms with Gasteiger partial charge in [0, 0.05) is 25.2 Å². The molecule has 2 amide bonds. The Morgan fingerprint density at radius 2 is 1.75 bits per heavy atom. The zero-order chi connectivity index (χ0) is 31.1. The predicted molar refractivity (Wildman–Crippen MR) is 161 cm³/mol. The first-order chi connectivity index (χ1) is 21.3. The van der Waals surface area contributed by atoms with Crippen LogP contribution < -0.4 is 38.2 Å². The van der Waals surface area contributed by atoms with Crippen molar-refractivity contribution in [2.75, 3.05) is 19.6 Å². The molecule has 2 unspecified atom stereocenters. The molecule has 3 aliphatic rings. The molecular formula is C27H34ClN13O3. The molecular weight excluding hydrogens is 590 g/mol. The second-order valence-electron chi connectivity index (χ2n) is 10.6. The molecule has 2 atom stereocenters. The molecule has 2 aromatic carbocycles. The first-order valence-corrected chi connectivity index (χ1v) is 14.3. The van der Waals surface area contributed by atoms with Gasteiger partial charge in [-0.1, -0.05) is 64.5 Å². The molecule has 1 spiro atoms. The second kappa shape index (κ2) is 13.8. The number of aliphatic imine (C=N–C) groups is 1. The standard InChI is InChI=1S/C27H34ClN13O3/c28-22-24(37-39-30)33-23(36-38-29)21(32-22)25(43)34-26-35-27(16-41(26)31)10-12-40(13-11-27)20(42)14-17-6-8-19(9-7-17)44-15-18-4-2-1-3-5-18/h1-9,21,26,32,35H,10-16,31H2,(H2,30,37)(H,34,43)(H2,29,33,36). The van der Waals surface area contributed by atoms with Crippen molar-refractivity contribution in [1.29, 1.82) is 0 Å². The zero-order valence-corrected chi connectivity index (χ0v) is 24.5. The first kappa shape index (κ1) is 30.8. The smallest absolute Gasteiger partial charge is 0.252 e. The van der Waals surface area contributed by atoms with Crippen LogP contribution in [0.25, 0.3) is 0 Å². The lowest BCUT2D eigenvalue weighted by atomic mass is 9.88. The summed E-state index contributed by atoms with van der Waals surface area (Å²) in [5.41, 5.74) is 1.62. The largest absolute Gasteiger partial charge is 0.489 e. The number of ether oxygens (including phenoxy) is 1. The second-order valence-corrected chi connectivity index (χ2v) is 11.0. The minimum Gasteiger partial charge on any atom is -0.489 e. The number of hydrogen-bond donors (Lipinski definition) is 6. The molecule has 0 aromatic heterocycles. The lowest BCUT2D eigenvalue weighted by molar-refractivity contribution is -0.132. The maximum atomic E-state index is 13.2. The number of nitrogens with one attached hydrogen (secondary N) is 3. The van der Waals surface area contributed by atoms with Crippen molar-refractivity contribution >= 4 is 29.3 Å². The topological polar surface area (TPSA) is 226 Å². The summed E-state index contributed by atoms with van der Waals surface area (Å²) in [6.07, 6.45) is 0.912. The third kappa shape index (κ3) is 7.28. The summed E-state index contributed by atoms with van der Waals surface area (Å²) in [4.78, 5) is 32.2. The van der Waals surface area contributed by atoms with Crippen molar-refractivity contribution in [3.8, 4) is 5.75 Å². The Morgan fingerprint density at radius 3 is 2.43 bits per heavy atom. The Bertz CT molecular complexity index is 1460. The fourth-order valence-electron chi connectivity index (χ4n) is 5.33. The molecule has 5 rings (SSSR count). The van der Waals surface area contributed by atoms with Gasteiger partial charge in [-0.25, -0.2) is 10.0 Å². The molecule has 2 aromatic rings. The van der Waals surface area contributed by atoms with E-state index in [1.54, 1.807) is 0 Å². The first-order valence-electron chi connectivity index (χ1n) is 13.9. The molecule has 9 N–H and O–H groups in total. The molecule has 2 saturated heterocycles. The molecule has 232 valence electrons. The van der Waals surface area contributed by atoms with E-state index in [1.807, 2.05) is 59.5 Å². The van der Waals surface area contributed by atoms with E-state index < -0.39 is 18.2 Å². The van der Waals surface area contributed by atoms with Gasteiger partial charge in [0.05, 0.1) is 6.42 Å². The van der Waals surface area contributed by atoms with Gasteiger partial charge in [-0.15, -0.1) is 10.2 Å². The van der Waals surface area contributed by atoms with Gasteiger partial charge < -0.3 is 32.0 Å². The van der Waals surface area contributed by atoms with Crippen LogP contribution in [0.3, 0.4) is 0 Å². The van der Waals surface area contributed by atoms with E-state index in [2.05, 4.69) is 41.6 Å². The minimum atomic E-state index is -1.12. The Kier molecular flexibility index (Phi) is 9.64. The number of carbonyl (C=O) groups excluding carboxylic acids is 2. The van der Waals surface area contributed by atoms with Crippen molar-refractivity contribution in [2.24, 2.45) is 43.2 Å². The maximum absolute atomic E-state index is 13.2. The lowest BCUT2D eigenvalue weighted by Crippen LogP contribution is -2.60. The molecule has 3 aliphatic heterocycles. The van der Waals surface area contributed by atoms with Gasteiger partial charge >= 0.3 is 0 Å². The van der Waals surface area contributed by atoms with E-state index in [4.69, 9.17) is 33.9 Å². The third-order valence-corrected chi connectivity index (χ3v) is 7.94. The van der Waals surface area contributed by atoms with E-state index in [0.717, 1.165) is 16.9 Å². The van der Waals surface area contributed by atoms with Gasteiger partial charge in [-0.3, -0.25) is 20.7 Å². The van der Waals surface area contributed by atoms with Crippen LogP contribution in [-0.4, -0.2) is 65.1 Å². The highest BCUT2D eigenvalue weighted by Crippen LogP contribution is 2.28. The lowest BCUT2D eigenvalue weighted by Gasteiger charge is -2.39. The van der Waals surface area contributed by atoms with E-state index in [0.29, 0.717) is 45.5 Å². The molecule has 3 heterocycles. The van der Waals surface area contributed by atoms with Gasteiger partial charge in [0.25, 0.3) is 5.91 Å². The van der Waals surface area contributed by atoms with E-state index in [-0.39, 0.29) is 28.3 Å². The van der Waals surface area contributed by atoms with Gasteiger partial charge in [0.2, 0.25) is 11.7 Å². The van der Waals surface area contributed by atoms with Crippen LogP contribution in [0, 0.1) is 0 Å². The van der Waals surface area contributed by atoms with Gasteiger partial charge in [0.1, 0.15) is 18.6 Å². The molecule has 0 radical (unpaired) electrons. The third-order valence-electron chi connectivity index (χ3n) is 7.66. The number of likely N-dealkylation sites (tertiary alicyclic amines) is 1. The summed E-state index contributed by atoms with van der Waals surface area (Å²) >= 11 is 6.14. The monoisotopic (exact) mass is 623 g/mol. The Labute approximate surface area is 258 Å². The Morgan fingerprint density at radius 1 is 1.05 bits per heavy atom. The average Bonchev–Trinajstić information content (AvgIpc) is 3.32. The van der Waals surface area contributed by atoms with Crippen LogP contribution in [0.5, 0.6) is 5.75 Å². The summed E-state index contributed by atoms with van der Waals surface area (Å²) < 4.78 is 5.85. The molecule has 44 heavy (non-hydrogen) atoms. The fourth-order valence-corrected chi connectivity index (χ4v) is 5.52. The normalized spacial score (nSPS) is 22.0. The van der Waals surface area contributed by atoms with E-state index in [9.17, 15) is 9.59 Å². The van der Waals surface area contributed by atoms with Crippen molar-refractivity contribution in [3.05, 3.63) is 76.7 Å². The number of nitrogens with two attached hydrogens (primary N) is 3. The highest BCUT2D eigenvalue weighted by atomic mass is 35.5. The summed E-state index contributed by atoms with van der Waals surface area (Å²) in [6.45, 7) is 2.05. The molecule has 2 fully saturated rings. The van der Waals surface area contributed by atoms with E-state index >= 15 is 0 Å². The van der Waals surface area contributed by atoms with Crippen molar-refractivity contribution in [2.45, 2.75) is 43.7 Å². The number of rotatable bonds is 8. The highest BCUT2D eigenvalue weighted by molar-refractivity contribution is 6.30.